The number of carbonyl (C=O) groups is 1. The molecule has 2 heterocycles. The molecule has 0 aliphatic rings. The van der Waals surface area contributed by atoms with Gasteiger partial charge in [-0.15, -0.1) is 0 Å². The van der Waals surface area contributed by atoms with E-state index in [0.717, 1.165) is 23.4 Å². The second kappa shape index (κ2) is 6.13. The van der Waals surface area contributed by atoms with E-state index in [0.29, 0.717) is 6.42 Å². The smallest absolute Gasteiger partial charge is 0.224 e. The number of rotatable bonds is 5. The molecule has 0 fully saturated rings. The molecule has 1 amide bonds. The summed E-state index contributed by atoms with van der Waals surface area (Å²) >= 11 is 0. The molecular weight excluding hydrogens is 240 g/mol. The van der Waals surface area contributed by atoms with Gasteiger partial charge in [-0.25, -0.2) is 0 Å². The van der Waals surface area contributed by atoms with Gasteiger partial charge in [-0.1, -0.05) is 6.07 Å². The highest BCUT2D eigenvalue weighted by Crippen LogP contribution is 2.03. The van der Waals surface area contributed by atoms with Crippen LogP contribution in [0.1, 0.15) is 23.9 Å². The number of nitrogens with one attached hydrogen (secondary N) is 2. The van der Waals surface area contributed by atoms with Gasteiger partial charge in [0.15, 0.2) is 0 Å². The van der Waals surface area contributed by atoms with Gasteiger partial charge in [0.2, 0.25) is 5.91 Å². The average Bonchev–Trinajstić information content (AvgIpc) is 2.75. The van der Waals surface area contributed by atoms with E-state index in [4.69, 9.17) is 0 Å². The van der Waals surface area contributed by atoms with Gasteiger partial charge >= 0.3 is 0 Å². The van der Waals surface area contributed by atoms with E-state index in [2.05, 4.69) is 20.5 Å². The molecule has 19 heavy (non-hydrogen) atoms. The zero-order chi connectivity index (χ0) is 13.7. The fraction of sp³-hybridized carbons (Fsp3) is 0.357. The van der Waals surface area contributed by atoms with Gasteiger partial charge in [-0.3, -0.25) is 14.9 Å². The minimum atomic E-state index is 0.00718. The van der Waals surface area contributed by atoms with Crippen LogP contribution in [0.4, 0.5) is 0 Å². The number of carbonyl (C=O) groups excluding carboxylic acids is 1. The van der Waals surface area contributed by atoms with Crippen LogP contribution >= 0.6 is 0 Å². The summed E-state index contributed by atoms with van der Waals surface area (Å²) in [5, 5.41) is 10.0. The second-order valence-corrected chi connectivity index (χ2v) is 4.75. The van der Waals surface area contributed by atoms with Crippen LogP contribution < -0.4 is 5.32 Å². The van der Waals surface area contributed by atoms with Gasteiger partial charge in [0.1, 0.15) is 0 Å². The average molecular weight is 258 g/mol. The van der Waals surface area contributed by atoms with Crippen LogP contribution in [-0.4, -0.2) is 27.1 Å². The molecule has 5 nitrogen and oxygen atoms in total. The maximum Gasteiger partial charge on any atom is 0.224 e. The summed E-state index contributed by atoms with van der Waals surface area (Å²) in [5.74, 6) is 0.00718. The first-order chi connectivity index (χ1) is 9.13. The first-order valence-corrected chi connectivity index (χ1v) is 6.32. The fourth-order valence-electron chi connectivity index (χ4n) is 1.96. The van der Waals surface area contributed by atoms with Crippen molar-refractivity contribution in [1.29, 1.82) is 0 Å². The number of pyridine rings is 1. The van der Waals surface area contributed by atoms with Crippen molar-refractivity contribution >= 4 is 5.91 Å². The summed E-state index contributed by atoms with van der Waals surface area (Å²) in [6.45, 7) is 3.94. The highest BCUT2D eigenvalue weighted by molar-refractivity contribution is 5.78. The molecule has 0 radical (unpaired) electrons. The quantitative estimate of drug-likeness (QED) is 0.851. The summed E-state index contributed by atoms with van der Waals surface area (Å²) in [6, 6.07) is 5.78. The van der Waals surface area contributed by atoms with Crippen LogP contribution in [0.2, 0.25) is 0 Å². The molecule has 0 aliphatic heterocycles. The lowest BCUT2D eigenvalue weighted by atomic mass is 10.1. The van der Waals surface area contributed by atoms with Crippen LogP contribution in [0.5, 0.6) is 0 Å². The summed E-state index contributed by atoms with van der Waals surface area (Å²) in [4.78, 5) is 15.8. The molecule has 100 valence electrons. The van der Waals surface area contributed by atoms with Crippen LogP contribution in [0.25, 0.3) is 0 Å². The van der Waals surface area contributed by atoms with Gasteiger partial charge < -0.3 is 5.32 Å². The summed E-state index contributed by atoms with van der Waals surface area (Å²) in [7, 11) is 0. The lowest BCUT2D eigenvalue weighted by Crippen LogP contribution is -2.35. The Morgan fingerprint density at radius 2 is 2.37 bits per heavy atom. The summed E-state index contributed by atoms with van der Waals surface area (Å²) < 4.78 is 0. The highest BCUT2D eigenvalue weighted by Gasteiger charge is 2.10. The number of aromatic amines is 1. The zero-order valence-corrected chi connectivity index (χ0v) is 11.2. The molecule has 1 unspecified atom stereocenters. The Bertz CT molecular complexity index is 535. The van der Waals surface area contributed by atoms with Crippen LogP contribution in [0.15, 0.2) is 30.6 Å². The fourth-order valence-corrected chi connectivity index (χ4v) is 1.96. The van der Waals surface area contributed by atoms with Crippen molar-refractivity contribution in [2.24, 2.45) is 0 Å². The van der Waals surface area contributed by atoms with E-state index in [1.807, 2.05) is 32.0 Å². The molecule has 2 rings (SSSR count). The molecule has 0 spiro atoms. The summed E-state index contributed by atoms with van der Waals surface area (Å²) in [5.41, 5.74) is 2.92. The third kappa shape index (κ3) is 4.21. The van der Waals surface area contributed by atoms with E-state index in [1.54, 1.807) is 12.4 Å². The third-order valence-electron chi connectivity index (χ3n) is 2.77. The van der Waals surface area contributed by atoms with Crippen LogP contribution in [-0.2, 0) is 17.6 Å². The SMILES string of the molecule is Cc1cc(CC(C)NC(=O)Cc2cccnc2)n[nH]1. The third-order valence-corrected chi connectivity index (χ3v) is 2.77. The Kier molecular flexibility index (Phi) is 4.28. The number of hydrogen-bond donors (Lipinski definition) is 2. The number of aryl methyl sites for hydroxylation is 1. The molecule has 0 bridgehead atoms. The zero-order valence-electron chi connectivity index (χ0n) is 11.2. The molecule has 0 aromatic carbocycles. The molecule has 2 aromatic rings. The standard InChI is InChI=1S/C14H18N4O/c1-10(6-13-7-11(2)17-18-13)16-14(19)8-12-4-3-5-15-9-12/h3-5,7,9-10H,6,8H2,1-2H3,(H,16,19)(H,17,18). The van der Waals surface area contributed by atoms with Crippen molar-refractivity contribution < 1.29 is 4.79 Å². The molecular formula is C14H18N4O. The van der Waals surface area contributed by atoms with Crippen molar-refractivity contribution in [1.82, 2.24) is 20.5 Å². The number of hydrogen-bond acceptors (Lipinski definition) is 3. The van der Waals surface area contributed by atoms with E-state index >= 15 is 0 Å². The Morgan fingerprint density at radius 3 is 3.00 bits per heavy atom. The predicted octanol–water partition coefficient (Wildman–Crippen LogP) is 1.40. The maximum absolute atomic E-state index is 11.9. The van der Waals surface area contributed by atoms with E-state index in [-0.39, 0.29) is 11.9 Å². The molecule has 2 aromatic heterocycles. The minimum Gasteiger partial charge on any atom is -0.353 e. The first-order valence-electron chi connectivity index (χ1n) is 6.32. The lowest BCUT2D eigenvalue weighted by Gasteiger charge is -2.12. The van der Waals surface area contributed by atoms with Gasteiger partial charge in [0.05, 0.1) is 12.1 Å². The topological polar surface area (TPSA) is 70.7 Å². The number of amides is 1. The van der Waals surface area contributed by atoms with Gasteiger partial charge in [0.25, 0.3) is 0 Å². The molecule has 0 saturated heterocycles. The number of nitrogens with zero attached hydrogens (tertiary/aromatic N) is 2. The Balaban J connectivity index is 1.82. The van der Waals surface area contributed by atoms with Crippen molar-refractivity contribution in [3.8, 4) is 0 Å². The second-order valence-electron chi connectivity index (χ2n) is 4.75. The van der Waals surface area contributed by atoms with Crippen LogP contribution in [0.3, 0.4) is 0 Å². The Morgan fingerprint density at radius 1 is 1.53 bits per heavy atom. The Labute approximate surface area is 112 Å². The van der Waals surface area contributed by atoms with Crippen molar-refractivity contribution in [2.45, 2.75) is 32.7 Å². The molecule has 0 saturated carbocycles. The van der Waals surface area contributed by atoms with Gasteiger partial charge in [0, 0.05) is 30.6 Å². The monoisotopic (exact) mass is 258 g/mol. The summed E-state index contributed by atoms with van der Waals surface area (Å²) in [6.07, 6.45) is 4.49. The lowest BCUT2D eigenvalue weighted by molar-refractivity contribution is -0.121. The number of aromatic nitrogens is 3. The molecule has 1 atom stereocenters. The van der Waals surface area contributed by atoms with E-state index in [9.17, 15) is 4.79 Å². The van der Waals surface area contributed by atoms with Crippen molar-refractivity contribution in [2.75, 3.05) is 0 Å². The largest absolute Gasteiger partial charge is 0.353 e. The highest BCUT2D eigenvalue weighted by atomic mass is 16.1. The predicted molar refractivity (Wildman–Crippen MR) is 72.6 cm³/mol. The molecule has 2 N–H and O–H groups in total. The number of H-pyrrole nitrogens is 1. The maximum atomic E-state index is 11.9. The molecule has 0 aliphatic carbocycles. The van der Waals surface area contributed by atoms with Crippen molar-refractivity contribution in [3.05, 3.63) is 47.5 Å². The molecule has 5 heteroatoms. The van der Waals surface area contributed by atoms with E-state index in [1.165, 1.54) is 0 Å². The van der Waals surface area contributed by atoms with Gasteiger partial charge in [-0.05, 0) is 31.5 Å². The van der Waals surface area contributed by atoms with Crippen LogP contribution in [0, 0.1) is 6.92 Å². The Hall–Kier alpha value is -2.17. The first kappa shape index (κ1) is 13.3. The minimum absolute atomic E-state index is 0.00718. The van der Waals surface area contributed by atoms with E-state index < -0.39 is 0 Å². The van der Waals surface area contributed by atoms with Crippen molar-refractivity contribution in [3.63, 3.8) is 0 Å². The van der Waals surface area contributed by atoms with Gasteiger partial charge in [-0.2, -0.15) is 5.10 Å². The normalized spacial score (nSPS) is 12.1.